The third kappa shape index (κ3) is 7.25. The van der Waals surface area contributed by atoms with Crippen molar-refractivity contribution in [1.82, 2.24) is 5.43 Å². The van der Waals surface area contributed by atoms with Gasteiger partial charge in [-0.15, -0.1) is 0 Å². The molecule has 0 atom stereocenters. The minimum atomic E-state index is -0.919. The van der Waals surface area contributed by atoms with Crippen molar-refractivity contribution >= 4 is 51.2 Å². The second-order valence-electron chi connectivity index (χ2n) is 7.73. The third-order valence-electron chi connectivity index (χ3n) is 5.18. The van der Waals surface area contributed by atoms with Crippen LogP contribution in [-0.2, 0) is 14.4 Å². The molecule has 3 amide bonds. The molecule has 3 rings (SSSR count). The molecule has 3 N–H and O–H groups in total. The molecule has 0 aliphatic carbocycles. The Bertz CT molecular complexity index is 1290. The number of carbonyl (C=O) groups excluding carboxylic acids is 3. The molecule has 0 unspecified atom stereocenters. The SMILES string of the molecule is Cc1ccccc1NC(=O)COc1ccc(Br)cc1/C=N\NC(=O)C(=O)Nc1cccc(C)c1C. The lowest BCUT2D eigenvalue weighted by molar-refractivity contribution is -0.136. The van der Waals surface area contributed by atoms with Crippen LogP contribution in [0.25, 0.3) is 0 Å². The predicted molar refractivity (Wildman–Crippen MR) is 140 cm³/mol. The summed E-state index contributed by atoms with van der Waals surface area (Å²) in [5, 5.41) is 9.24. The molecule has 35 heavy (non-hydrogen) atoms. The molecule has 0 saturated carbocycles. The van der Waals surface area contributed by atoms with Crippen molar-refractivity contribution in [2.24, 2.45) is 5.10 Å². The molecule has 0 aliphatic rings. The molecular weight excluding hydrogens is 512 g/mol. The number of carbonyl (C=O) groups is 3. The maximum Gasteiger partial charge on any atom is 0.329 e. The summed E-state index contributed by atoms with van der Waals surface area (Å²) in [6.07, 6.45) is 1.34. The van der Waals surface area contributed by atoms with Crippen LogP contribution in [0.1, 0.15) is 22.3 Å². The summed E-state index contributed by atoms with van der Waals surface area (Å²) in [4.78, 5) is 36.7. The molecule has 0 aliphatic heterocycles. The number of benzene rings is 3. The number of rotatable bonds is 7. The molecule has 0 fully saturated rings. The Morgan fingerprint density at radius 2 is 1.60 bits per heavy atom. The Morgan fingerprint density at radius 1 is 0.886 bits per heavy atom. The number of ether oxygens (including phenoxy) is 1. The number of nitrogens with one attached hydrogen (secondary N) is 3. The lowest BCUT2D eigenvalue weighted by Crippen LogP contribution is -2.32. The van der Waals surface area contributed by atoms with Gasteiger partial charge in [0.2, 0.25) is 0 Å². The molecular formula is C26H25BrN4O4. The van der Waals surface area contributed by atoms with Crippen LogP contribution in [0.4, 0.5) is 11.4 Å². The quantitative estimate of drug-likeness (QED) is 0.235. The van der Waals surface area contributed by atoms with Gasteiger partial charge in [-0.1, -0.05) is 46.3 Å². The van der Waals surface area contributed by atoms with E-state index in [9.17, 15) is 14.4 Å². The zero-order valence-electron chi connectivity index (χ0n) is 19.5. The number of halogens is 1. The van der Waals surface area contributed by atoms with Gasteiger partial charge in [0, 0.05) is 21.4 Å². The van der Waals surface area contributed by atoms with Gasteiger partial charge in [-0.2, -0.15) is 5.10 Å². The van der Waals surface area contributed by atoms with E-state index in [1.165, 1.54) is 6.21 Å². The number of hydrogen-bond acceptors (Lipinski definition) is 5. The summed E-state index contributed by atoms with van der Waals surface area (Å²) in [7, 11) is 0. The summed E-state index contributed by atoms with van der Waals surface area (Å²) in [6, 6.07) is 18.0. The van der Waals surface area contributed by atoms with Gasteiger partial charge in [0.25, 0.3) is 5.91 Å². The Labute approximate surface area is 211 Å². The van der Waals surface area contributed by atoms with Crippen molar-refractivity contribution in [3.05, 3.63) is 87.4 Å². The highest BCUT2D eigenvalue weighted by Crippen LogP contribution is 2.22. The van der Waals surface area contributed by atoms with Crippen LogP contribution >= 0.6 is 15.9 Å². The van der Waals surface area contributed by atoms with Gasteiger partial charge in [0.15, 0.2) is 6.61 Å². The van der Waals surface area contributed by atoms with E-state index in [4.69, 9.17) is 4.74 Å². The van der Waals surface area contributed by atoms with Crippen molar-refractivity contribution in [3.8, 4) is 5.75 Å². The molecule has 0 spiro atoms. The number of anilines is 2. The minimum Gasteiger partial charge on any atom is -0.483 e. The minimum absolute atomic E-state index is 0.221. The van der Waals surface area contributed by atoms with Gasteiger partial charge in [-0.3, -0.25) is 14.4 Å². The number of aryl methyl sites for hydroxylation is 2. The van der Waals surface area contributed by atoms with E-state index in [1.807, 2.05) is 51.1 Å². The molecule has 0 saturated heterocycles. The summed E-state index contributed by atoms with van der Waals surface area (Å²) in [5.41, 5.74) is 6.78. The Balaban J connectivity index is 1.60. The van der Waals surface area contributed by atoms with Crippen molar-refractivity contribution in [1.29, 1.82) is 0 Å². The van der Waals surface area contributed by atoms with Gasteiger partial charge < -0.3 is 15.4 Å². The highest BCUT2D eigenvalue weighted by atomic mass is 79.9. The molecule has 3 aromatic carbocycles. The van der Waals surface area contributed by atoms with Gasteiger partial charge >= 0.3 is 11.8 Å². The first-order valence-corrected chi connectivity index (χ1v) is 11.5. The van der Waals surface area contributed by atoms with Crippen molar-refractivity contribution in [2.45, 2.75) is 20.8 Å². The lowest BCUT2D eigenvalue weighted by atomic mass is 10.1. The topological polar surface area (TPSA) is 109 Å². The third-order valence-corrected chi connectivity index (χ3v) is 5.67. The van der Waals surface area contributed by atoms with Gasteiger partial charge in [-0.05, 0) is 67.8 Å². The second-order valence-corrected chi connectivity index (χ2v) is 8.65. The van der Waals surface area contributed by atoms with Crippen molar-refractivity contribution < 1.29 is 19.1 Å². The lowest BCUT2D eigenvalue weighted by Gasteiger charge is -2.11. The van der Waals surface area contributed by atoms with Crippen LogP contribution in [0.3, 0.4) is 0 Å². The van der Waals surface area contributed by atoms with Crippen LogP contribution in [0, 0.1) is 20.8 Å². The fourth-order valence-electron chi connectivity index (χ4n) is 3.07. The number of amides is 3. The van der Waals surface area contributed by atoms with E-state index >= 15 is 0 Å². The first kappa shape index (κ1) is 25.6. The van der Waals surface area contributed by atoms with E-state index in [2.05, 4.69) is 37.1 Å². The molecule has 8 nitrogen and oxygen atoms in total. The van der Waals surface area contributed by atoms with Gasteiger partial charge in [-0.25, -0.2) is 5.43 Å². The first-order valence-electron chi connectivity index (χ1n) is 10.7. The van der Waals surface area contributed by atoms with E-state index in [-0.39, 0.29) is 12.5 Å². The molecule has 0 aromatic heterocycles. The van der Waals surface area contributed by atoms with Crippen LogP contribution in [0.15, 0.2) is 70.2 Å². The molecule has 9 heteroatoms. The Kier molecular flexibility index (Phi) is 8.74. The number of hydrazone groups is 1. The summed E-state index contributed by atoms with van der Waals surface area (Å²) < 4.78 is 6.40. The number of para-hydroxylation sites is 1. The van der Waals surface area contributed by atoms with E-state index < -0.39 is 11.8 Å². The molecule has 0 radical (unpaired) electrons. The first-order chi connectivity index (χ1) is 16.7. The fourth-order valence-corrected chi connectivity index (χ4v) is 3.45. The molecule has 0 bridgehead atoms. The summed E-state index contributed by atoms with van der Waals surface area (Å²) in [5.74, 6) is -1.70. The Morgan fingerprint density at radius 3 is 2.37 bits per heavy atom. The number of hydrogen-bond donors (Lipinski definition) is 3. The second kappa shape index (κ2) is 11.9. The predicted octanol–water partition coefficient (Wildman–Crippen LogP) is 4.48. The van der Waals surface area contributed by atoms with Crippen LogP contribution < -0.4 is 20.8 Å². The monoisotopic (exact) mass is 536 g/mol. The van der Waals surface area contributed by atoms with E-state index in [1.54, 1.807) is 30.3 Å². The highest BCUT2D eigenvalue weighted by molar-refractivity contribution is 9.10. The average molecular weight is 537 g/mol. The van der Waals surface area contributed by atoms with E-state index in [0.29, 0.717) is 22.7 Å². The standard InChI is InChI=1S/C26H25BrN4O4/c1-16-8-6-10-22(18(16)3)30-25(33)26(34)31-28-14-19-13-20(27)11-12-23(19)35-15-24(32)29-21-9-5-4-7-17(21)2/h4-14H,15H2,1-3H3,(H,29,32)(H,30,33)(H,31,34)/b28-14-. The smallest absolute Gasteiger partial charge is 0.329 e. The molecule has 0 heterocycles. The van der Waals surface area contributed by atoms with Gasteiger partial charge in [0.1, 0.15) is 5.75 Å². The van der Waals surface area contributed by atoms with Crippen molar-refractivity contribution in [3.63, 3.8) is 0 Å². The summed E-state index contributed by atoms with van der Waals surface area (Å²) in [6.45, 7) is 5.45. The maximum atomic E-state index is 12.3. The normalized spacial score (nSPS) is 10.6. The highest BCUT2D eigenvalue weighted by Gasteiger charge is 2.15. The van der Waals surface area contributed by atoms with Crippen LogP contribution in [0.5, 0.6) is 5.75 Å². The zero-order valence-corrected chi connectivity index (χ0v) is 21.1. The average Bonchev–Trinajstić information content (AvgIpc) is 2.83. The van der Waals surface area contributed by atoms with E-state index in [0.717, 1.165) is 21.2 Å². The maximum absolute atomic E-state index is 12.3. The summed E-state index contributed by atoms with van der Waals surface area (Å²) >= 11 is 3.37. The Hall–Kier alpha value is -3.98. The molecule has 3 aromatic rings. The van der Waals surface area contributed by atoms with Gasteiger partial charge in [0.05, 0.1) is 6.21 Å². The largest absolute Gasteiger partial charge is 0.483 e. The fraction of sp³-hybridized carbons (Fsp3) is 0.154. The number of nitrogens with zero attached hydrogens (tertiary/aromatic N) is 1. The van der Waals surface area contributed by atoms with Crippen LogP contribution in [0.2, 0.25) is 0 Å². The van der Waals surface area contributed by atoms with Crippen molar-refractivity contribution in [2.75, 3.05) is 17.2 Å². The van der Waals surface area contributed by atoms with Crippen LogP contribution in [-0.4, -0.2) is 30.5 Å². The molecule has 180 valence electrons. The zero-order chi connectivity index (χ0) is 25.4.